The Morgan fingerprint density at radius 3 is 2.61 bits per heavy atom. The molecule has 0 saturated carbocycles. The zero-order chi connectivity index (χ0) is 16.6. The lowest BCUT2D eigenvalue weighted by molar-refractivity contribution is -0.129. The van der Waals surface area contributed by atoms with Crippen LogP contribution in [0.1, 0.15) is 50.2 Å². The molecule has 1 aromatic heterocycles. The minimum atomic E-state index is -3.44. The van der Waals surface area contributed by atoms with Crippen molar-refractivity contribution >= 4 is 15.9 Å². The van der Waals surface area contributed by atoms with Crippen molar-refractivity contribution in [3.63, 3.8) is 0 Å². The van der Waals surface area contributed by atoms with E-state index in [9.17, 15) is 13.2 Å². The monoisotopic (exact) mass is 340 g/mol. The minimum Gasteiger partial charge on any atom is -0.465 e. The molecule has 2 aliphatic rings. The second kappa shape index (κ2) is 6.28. The van der Waals surface area contributed by atoms with Gasteiger partial charge in [-0.25, -0.2) is 8.42 Å². The van der Waals surface area contributed by atoms with Gasteiger partial charge in [0.05, 0.1) is 11.3 Å². The summed E-state index contributed by atoms with van der Waals surface area (Å²) in [4.78, 5) is 13.2. The summed E-state index contributed by atoms with van der Waals surface area (Å²) in [5.41, 5.74) is 0. The molecular weight excluding hydrogens is 316 g/mol. The highest BCUT2D eigenvalue weighted by atomic mass is 32.2. The zero-order valence-corrected chi connectivity index (χ0v) is 14.5. The average molecular weight is 340 g/mol. The number of carbonyl (C=O) groups excluding carboxylic acids is 1. The number of carbonyl (C=O) groups is 1. The quantitative estimate of drug-likeness (QED) is 0.844. The van der Waals surface area contributed by atoms with E-state index >= 15 is 0 Å². The first-order chi connectivity index (χ1) is 10.9. The number of furan rings is 1. The van der Waals surface area contributed by atoms with Gasteiger partial charge in [0.2, 0.25) is 15.9 Å². The van der Waals surface area contributed by atoms with Crippen molar-refractivity contribution in [1.29, 1.82) is 0 Å². The van der Waals surface area contributed by atoms with Gasteiger partial charge in [-0.1, -0.05) is 0 Å². The molecule has 0 unspecified atom stereocenters. The summed E-state index contributed by atoms with van der Waals surface area (Å²) in [6.07, 6.45) is 2.98. The number of piperidine rings is 1. The number of hydrogen-bond donors (Lipinski definition) is 0. The molecule has 2 atom stereocenters. The first kappa shape index (κ1) is 16.5. The van der Waals surface area contributed by atoms with Crippen LogP contribution in [-0.2, 0) is 14.8 Å². The van der Waals surface area contributed by atoms with Crippen molar-refractivity contribution in [2.75, 3.05) is 19.6 Å². The van der Waals surface area contributed by atoms with Crippen molar-refractivity contribution in [3.05, 3.63) is 23.7 Å². The lowest BCUT2D eigenvalue weighted by Gasteiger charge is -2.35. The smallest absolute Gasteiger partial charge is 0.219 e. The van der Waals surface area contributed by atoms with Gasteiger partial charge < -0.3 is 9.32 Å². The highest BCUT2D eigenvalue weighted by Crippen LogP contribution is 2.37. The molecular formula is C16H24N2O4S. The van der Waals surface area contributed by atoms with Gasteiger partial charge in [0.25, 0.3) is 0 Å². The SMILES string of the molecule is CC(=O)N1CCC[C@H](S(=O)(=O)N2CCC[C@H]2c2ccc(C)o2)C1. The van der Waals surface area contributed by atoms with Crippen molar-refractivity contribution in [3.8, 4) is 0 Å². The molecule has 23 heavy (non-hydrogen) atoms. The van der Waals surface area contributed by atoms with E-state index in [0.717, 1.165) is 30.8 Å². The molecule has 3 rings (SSSR count). The van der Waals surface area contributed by atoms with Gasteiger partial charge >= 0.3 is 0 Å². The molecule has 6 nitrogen and oxygen atoms in total. The highest BCUT2D eigenvalue weighted by Gasteiger charge is 2.42. The number of rotatable bonds is 3. The van der Waals surface area contributed by atoms with Gasteiger partial charge in [-0.2, -0.15) is 4.31 Å². The largest absolute Gasteiger partial charge is 0.465 e. The van der Waals surface area contributed by atoms with E-state index in [1.54, 1.807) is 9.21 Å². The predicted octanol–water partition coefficient (Wildman–Crippen LogP) is 2.07. The fourth-order valence-electron chi connectivity index (χ4n) is 3.62. The maximum Gasteiger partial charge on any atom is 0.219 e. The second-order valence-corrected chi connectivity index (χ2v) is 8.66. The fourth-order valence-corrected chi connectivity index (χ4v) is 5.78. The predicted molar refractivity (Wildman–Crippen MR) is 86.3 cm³/mol. The Morgan fingerprint density at radius 1 is 1.22 bits per heavy atom. The number of likely N-dealkylation sites (tertiary alicyclic amines) is 1. The molecule has 2 fully saturated rings. The normalized spacial score (nSPS) is 26.6. The van der Waals surface area contributed by atoms with E-state index in [2.05, 4.69) is 0 Å². The molecule has 0 spiro atoms. The summed E-state index contributed by atoms with van der Waals surface area (Å²) in [6.45, 7) is 4.85. The molecule has 7 heteroatoms. The molecule has 0 N–H and O–H groups in total. The molecule has 0 radical (unpaired) electrons. The van der Waals surface area contributed by atoms with Gasteiger partial charge in [-0.05, 0) is 44.7 Å². The van der Waals surface area contributed by atoms with Gasteiger partial charge in [0.1, 0.15) is 11.5 Å². The molecule has 2 aliphatic heterocycles. The highest BCUT2D eigenvalue weighted by molar-refractivity contribution is 7.89. The van der Waals surface area contributed by atoms with E-state index < -0.39 is 15.3 Å². The summed E-state index contributed by atoms with van der Waals surface area (Å²) < 4.78 is 33.5. The molecule has 1 aromatic rings. The molecule has 2 saturated heterocycles. The van der Waals surface area contributed by atoms with Gasteiger partial charge in [0.15, 0.2) is 0 Å². The third-order valence-corrected chi connectivity index (χ3v) is 7.18. The first-order valence-electron chi connectivity index (χ1n) is 8.22. The molecule has 0 aromatic carbocycles. The summed E-state index contributed by atoms with van der Waals surface area (Å²) in [5.74, 6) is 1.47. The topological polar surface area (TPSA) is 70.8 Å². The van der Waals surface area contributed by atoms with E-state index in [1.165, 1.54) is 6.92 Å². The van der Waals surface area contributed by atoms with Crippen LogP contribution in [0.15, 0.2) is 16.5 Å². The molecule has 0 bridgehead atoms. The maximum absolute atomic E-state index is 13.1. The molecule has 3 heterocycles. The Morgan fingerprint density at radius 2 is 1.96 bits per heavy atom. The van der Waals surface area contributed by atoms with E-state index in [0.29, 0.717) is 26.1 Å². The van der Waals surface area contributed by atoms with Crippen LogP contribution in [0.5, 0.6) is 0 Å². The summed E-state index contributed by atoms with van der Waals surface area (Å²) in [6, 6.07) is 3.54. The van der Waals surface area contributed by atoms with E-state index in [-0.39, 0.29) is 11.9 Å². The number of sulfonamides is 1. The number of aryl methyl sites for hydroxylation is 1. The fraction of sp³-hybridized carbons (Fsp3) is 0.688. The van der Waals surface area contributed by atoms with Crippen LogP contribution in [0.2, 0.25) is 0 Å². The Hall–Kier alpha value is -1.34. The van der Waals surface area contributed by atoms with Crippen LogP contribution in [0.4, 0.5) is 0 Å². The lowest BCUT2D eigenvalue weighted by atomic mass is 10.1. The number of hydrogen-bond acceptors (Lipinski definition) is 4. The zero-order valence-electron chi connectivity index (χ0n) is 13.7. The maximum atomic E-state index is 13.1. The summed E-state index contributed by atoms with van der Waals surface area (Å²) in [7, 11) is -3.44. The molecule has 1 amide bonds. The Balaban J connectivity index is 1.82. The molecule has 128 valence electrons. The second-order valence-electron chi connectivity index (χ2n) is 6.49. The standard InChI is InChI=1S/C16H24N2O4S/c1-12-7-8-16(22-12)15-6-4-10-18(15)23(20,21)14-5-3-9-17(11-14)13(2)19/h7-8,14-15H,3-6,9-11H2,1-2H3/t14-,15-/m0/s1. The van der Waals surface area contributed by atoms with Crippen molar-refractivity contribution < 1.29 is 17.6 Å². The molecule has 0 aliphatic carbocycles. The average Bonchev–Trinajstić information content (AvgIpc) is 3.16. The van der Waals surface area contributed by atoms with Gasteiger partial charge in [0, 0.05) is 26.6 Å². The van der Waals surface area contributed by atoms with Crippen LogP contribution < -0.4 is 0 Å². The van der Waals surface area contributed by atoms with E-state index in [4.69, 9.17) is 4.42 Å². The number of amides is 1. The third-order valence-electron chi connectivity index (χ3n) is 4.86. The van der Waals surface area contributed by atoms with Crippen LogP contribution >= 0.6 is 0 Å². The third kappa shape index (κ3) is 3.17. The van der Waals surface area contributed by atoms with Crippen LogP contribution in [0, 0.1) is 6.92 Å². The van der Waals surface area contributed by atoms with E-state index in [1.807, 2.05) is 19.1 Å². The van der Waals surface area contributed by atoms with Crippen LogP contribution in [0.3, 0.4) is 0 Å². The first-order valence-corrected chi connectivity index (χ1v) is 9.72. The minimum absolute atomic E-state index is 0.0514. The Bertz CT molecular complexity index is 682. The summed E-state index contributed by atoms with van der Waals surface area (Å²) >= 11 is 0. The summed E-state index contributed by atoms with van der Waals surface area (Å²) in [5, 5.41) is -0.503. The number of nitrogens with zero attached hydrogens (tertiary/aromatic N) is 2. The van der Waals surface area contributed by atoms with Crippen molar-refractivity contribution in [2.45, 2.75) is 50.8 Å². The van der Waals surface area contributed by atoms with Crippen LogP contribution in [-0.4, -0.2) is 48.4 Å². The van der Waals surface area contributed by atoms with Crippen molar-refractivity contribution in [2.24, 2.45) is 0 Å². The van der Waals surface area contributed by atoms with Crippen LogP contribution in [0.25, 0.3) is 0 Å². The van der Waals surface area contributed by atoms with Crippen molar-refractivity contribution in [1.82, 2.24) is 9.21 Å². The van der Waals surface area contributed by atoms with Gasteiger partial charge in [-0.15, -0.1) is 0 Å². The Kier molecular flexibility index (Phi) is 4.51. The van der Waals surface area contributed by atoms with Gasteiger partial charge in [-0.3, -0.25) is 4.79 Å². The lowest BCUT2D eigenvalue weighted by Crippen LogP contribution is -2.48. The Labute approximate surface area is 137 Å².